The fraction of sp³-hybridized carbons (Fsp3) is 0.407. The number of aryl methyl sites for hydroxylation is 2. The normalized spacial score (nSPS) is 14.7. The Kier molecular flexibility index (Phi) is 9.10. The third-order valence-corrected chi connectivity index (χ3v) is 5.75. The van der Waals surface area contributed by atoms with Gasteiger partial charge in [-0.05, 0) is 54.7 Å². The third-order valence-electron chi connectivity index (χ3n) is 5.75. The number of ether oxygens (including phenoxy) is 4. The van der Waals surface area contributed by atoms with Crippen molar-refractivity contribution in [2.45, 2.75) is 33.8 Å². The molecule has 2 aromatic carbocycles. The molecule has 1 heterocycles. The van der Waals surface area contributed by atoms with E-state index >= 15 is 0 Å². The highest BCUT2D eigenvalue weighted by molar-refractivity contribution is 6.16. The van der Waals surface area contributed by atoms with Gasteiger partial charge < -0.3 is 18.9 Å². The zero-order valence-electron chi connectivity index (χ0n) is 20.7. The molecule has 3 rings (SSSR count). The minimum Gasteiger partial charge on any atom is -0.503 e. The van der Waals surface area contributed by atoms with Crippen LogP contribution in [0.15, 0.2) is 47.8 Å². The SMILES string of the molecule is CC/C(=N\N1CCOCC1)c1cc(C)c(OCc2ccccc2/C(=C/OC)C(=O)OC)cc1C. The van der Waals surface area contributed by atoms with Crippen molar-refractivity contribution in [3.8, 4) is 5.75 Å². The van der Waals surface area contributed by atoms with E-state index in [1.807, 2.05) is 31.2 Å². The van der Waals surface area contributed by atoms with Crippen LogP contribution in [0.1, 0.15) is 41.2 Å². The summed E-state index contributed by atoms with van der Waals surface area (Å²) in [7, 11) is 2.86. The lowest BCUT2D eigenvalue weighted by atomic mass is 9.99. The Bertz CT molecular complexity index is 1050. The first kappa shape index (κ1) is 25.3. The molecule has 1 fully saturated rings. The molecule has 1 aliphatic rings. The minimum absolute atomic E-state index is 0.302. The summed E-state index contributed by atoms with van der Waals surface area (Å²) in [6, 6.07) is 11.8. The maximum absolute atomic E-state index is 12.3. The number of nitrogens with zero attached hydrogens (tertiary/aromatic N) is 2. The summed E-state index contributed by atoms with van der Waals surface area (Å²) in [5, 5.41) is 6.98. The van der Waals surface area contributed by atoms with E-state index in [4.69, 9.17) is 24.0 Å². The molecule has 0 amide bonds. The van der Waals surface area contributed by atoms with E-state index < -0.39 is 5.97 Å². The molecule has 0 atom stereocenters. The predicted molar refractivity (Wildman–Crippen MR) is 133 cm³/mol. The first-order chi connectivity index (χ1) is 16.5. The number of hydrazone groups is 1. The molecule has 34 heavy (non-hydrogen) atoms. The summed E-state index contributed by atoms with van der Waals surface area (Å²) in [5.41, 5.74) is 6.26. The first-order valence-corrected chi connectivity index (χ1v) is 11.5. The Hall–Kier alpha value is -3.32. The number of carbonyl (C=O) groups excluding carboxylic acids is 1. The molecular formula is C27H34N2O5. The van der Waals surface area contributed by atoms with Gasteiger partial charge in [0.05, 0.1) is 52.5 Å². The summed E-state index contributed by atoms with van der Waals surface area (Å²) >= 11 is 0. The Balaban J connectivity index is 1.83. The largest absolute Gasteiger partial charge is 0.503 e. The second-order valence-corrected chi connectivity index (χ2v) is 8.10. The van der Waals surface area contributed by atoms with Gasteiger partial charge in [0.25, 0.3) is 0 Å². The third kappa shape index (κ3) is 6.17. The molecule has 1 aliphatic heterocycles. The van der Waals surface area contributed by atoms with Gasteiger partial charge in [0.15, 0.2) is 0 Å². The van der Waals surface area contributed by atoms with Crippen LogP contribution in [-0.2, 0) is 25.6 Å². The van der Waals surface area contributed by atoms with Crippen molar-refractivity contribution in [1.82, 2.24) is 5.01 Å². The topological polar surface area (TPSA) is 69.6 Å². The standard InChI is InChI=1S/C27H34N2O5/c1-6-25(28-29-11-13-33-14-12-29)23-15-20(3)26(16-19(23)2)34-17-21-9-7-8-10-22(21)24(18-31-4)27(30)32-5/h7-10,15-16,18H,6,11-14,17H2,1-5H3/b24-18-,28-25+. The summed E-state index contributed by atoms with van der Waals surface area (Å²) in [6.45, 7) is 9.60. The molecule has 7 nitrogen and oxygen atoms in total. The number of benzene rings is 2. The lowest BCUT2D eigenvalue weighted by Gasteiger charge is -2.25. The highest BCUT2D eigenvalue weighted by Gasteiger charge is 2.18. The average Bonchev–Trinajstić information content (AvgIpc) is 2.86. The van der Waals surface area contributed by atoms with Gasteiger partial charge in [0, 0.05) is 5.56 Å². The van der Waals surface area contributed by atoms with E-state index in [9.17, 15) is 4.79 Å². The molecule has 0 N–H and O–H groups in total. The maximum Gasteiger partial charge on any atom is 0.341 e. The number of esters is 1. The van der Waals surface area contributed by atoms with Crippen LogP contribution in [-0.4, -0.2) is 57.2 Å². The smallest absolute Gasteiger partial charge is 0.341 e. The van der Waals surface area contributed by atoms with Gasteiger partial charge in [-0.1, -0.05) is 31.2 Å². The van der Waals surface area contributed by atoms with Crippen LogP contribution in [0.4, 0.5) is 0 Å². The van der Waals surface area contributed by atoms with Crippen LogP contribution < -0.4 is 4.74 Å². The van der Waals surface area contributed by atoms with Crippen LogP contribution in [0.5, 0.6) is 5.75 Å². The van der Waals surface area contributed by atoms with E-state index in [0.29, 0.717) is 31.0 Å². The lowest BCUT2D eigenvalue weighted by Crippen LogP contribution is -2.33. The summed E-state index contributed by atoms with van der Waals surface area (Å²) < 4.78 is 21.7. The number of methoxy groups -OCH3 is 2. The number of hydrogen-bond acceptors (Lipinski definition) is 7. The van der Waals surface area contributed by atoms with Gasteiger partial charge >= 0.3 is 5.97 Å². The van der Waals surface area contributed by atoms with Gasteiger partial charge in [-0.2, -0.15) is 5.10 Å². The van der Waals surface area contributed by atoms with Crippen molar-refractivity contribution >= 4 is 17.3 Å². The Labute approximate surface area is 202 Å². The molecule has 0 saturated carbocycles. The van der Waals surface area contributed by atoms with Gasteiger partial charge in [0.2, 0.25) is 0 Å². The van der Waals surface area contributed by atoms with E-state index in [0.717, 1.165) is 53.2 Å². The number of morpholine rings is 1. The van der Waals surface area contributed by atoms with Gasteiger partial charge in [-0.3, -0.25) is 5.01 Å². The number of rotatable bonds is 9. The van der Waals surface area contributed by atoms with Crippen LogP contribution in [0, 0.1) is 13.8 Å². The molecule has 0 bridgehead atoms. The molecule has 2 aromatic rings. The summed E-state index contributed by atoms with van der Waals surface area (Å²) in [4.78, 5) is 12.3. The number of carbonyl (C=O) groups is 1. The predicted octanol–water partition coefficient (Wildman–Crippen LogP) is 4.49. The zero-order chi connectivity index (χ0) is 24.5. The Morgan fingerprint density at radius 1 is 1.09 bits per heavy atom. The number of hydrogen-bond donors (Lipinski definition) is 0. The second-order valence-electron chi connectivity index (χ2n) is 8.10. The van der Waals surface area contributed by atoms with Crippen LogP contribution in [0.2, 0.25) is 0 Å². The van der Waals surface area contributed by atoms with Crippen molar-refractivity contribution in [3.63, 3.8) is 0 Å². The Morgan fingerprint density at radius 2 is 1.82 bits per heavy atom. The molecule has 0 radical (unpaired) electrons. The van der Waals surface area contributed by atoms with Crippen molar-refractivity contribution in [2.75, 3.05) is 40.5 Å². The van der Waals surface area contributed by atoms with Crippen molar-refractivity contribution in [2.24, 2.45) is 5.10 Å². The van der Waals surface area contributed by atoms with E-state index in [-0.39, 0.29) is 0 Å². The van der Waals surface area contributed by atoms with E-state index in [1.54, 1.807) is 0 Å². The van der Waals surface area contributed by atoms with Crippen molar-refractivity contribution < 1.29 is 23.7 Å². The van der Waals surface area contributed by atoms with Gasteiger partial charge in [-0.15, -0.1) is 0 Å². The summed E-state index contributed by atoms with van der Waals surface area (Å²) in [5.74, 6) is 0.338. The molecule has 0 unspecified atom stereocenters. The van der Waals surface area contributed by atoms with Crippen molar-refractivity contribution in [3.05, 3.63) is 70.5 Å². The fourth-order valence-corrected chi connectivity index (χ4v) is 3.91. The van der Waals surface area contributed by atoms with Crippen LogP contribution >= 0.6 is 0 Å². The zero-order valence-corrected chi connectivity index (χ0v) is 20.7. The highest BCUT2D eigenvalue weighted by Crippen LogP contribution is 2.27. The second kappa shape index (κ2) is 12.2. The molecule has 1 saturated heterocycles. The van der Waals surface area contributed by atoms with Gasteiger partial charge in [-0.25, -0.2) is 4.79 Å². The van der Waals surface area contributed by atoms with Gasteiger partial charge in [0.1, 0.15) is 17.9 Å². The maximum atomic E-state index is 12.3. The minimum atomic E-state index is -0.461. The lowest BCUT2D eigenvalue weighted by molar-refractivity contribution is -0.133. The summed E-state index contributed by atoms with van der Waals surface area (Å²) in [6.07, 6.45) is 2.24. The van der Waals surface area contributed by atoms with Crippen molar-refractivity contribution in [1.29, 1.82) is 0 Å². The molecule has 0 aliphatic carbocycles. The average molecular weight is 467 g/mol. The van der Waals surface area contributed by atoms with E-state index in [1.165, 1.54) is 20.5 Å². The van der Waals surface area contributed by atoms with Crippen LogP contribution in [0.25, 0.3) is 5.57 Å². The first-order valence-electron chi connectivity index (χ1n) is 11.5. The molecule has 0 aromatic heterocycles. The molecule has 7 heteroatoms. The molecule has 0 spiro atoms. The van der Waals surface area contributed by atoms with E-state index in [2.05, 4.69) is 31.0 Å². The quantitative estimate of drug-likeness (QED) is 0.235. The molecular weight excluding hydrogens is 432 g/mol. The monoisotopic (exact) mass is 466 g/mol. The molecule has 182 valence electrons. The van der Waals surface area contributed by atoms with Crippen LogP contribution in [0.3, 0.4) is 0 Å². The fourth-order valence-electron chi connectivity index (χ4n) is 3.91. The highest BCUT2D eigenvalue weighted by atomic mass is 16.5. The Morgan fingerprint density at radius 3 is 2.50 bits per heavy atom.